The number of aromatic nitrogens is 2. The highest BCUT2D eigenvalue weighted by Gasteiger charge is 2.31. The lowest BCUT2D eigenvalue weighted by molar-refractivity contribution is -0.120. The summed E-state index contributed by atoms with van der Waals surface area (Å²) in [5.41, 5.74) is 4.58. The molecule has 7 nitrogen and oxygen atoms in total. The topological polar surface area (TPSA) is 92.3 Å². The van der Waals surface area contributed by atoms with E-state index in [9.17, 15) is 13.2 Å². The molecule has 0 radical (unpaired) electrons. The SMILES string of the molecule is CCN(C(=O)[C@H](Cc1ccccc1)NS(=O)(=O)c1cccc2nsnc12)c1ccc(C)c(C)c1. The standard InChI is InChI=1S/C25H26N4O3S2/c1-4-29(20-14-13-17(2)18(3)15-20)25(30)22(16-19-9-6-5-7-10-19)28-34(31,32)23-12-8-11-21-24(23)27-33-26-21/h5-15,22,28H,4,16H2,1-3H3/t22-/m0/s1. The summed E-state index contributed by atoms with van der Waals surface area (Å²) in [5.74, 6) is -0.318. The van der Waals surface area contributed by atoms with Gasteiger partial charge in [0.2, 0.25) is 15.9 Å². The Balaban J connectivity index is 1.72. The van der Waals surface area contributed by atoms with Crippen molar-refractivity contribution in [1.82, 2.24) is 13.5 Å². The Kier molecular flexibility index (Phi) is 7.06. The number of hydrogen-bond donors (Lipinski definition) is 1. The molecule has 1 amide bonds. The molecule has 1 aromatic heterocycles. The summed E-state index contributed by atoms with van der Waals surface area (Å²) in [4.78, 5) is 15.4. The predicted octanol–water partition coefficient (Wildman–Crippen LogP) is 4.25. The second kappa shape index (κ2) is 10.0. The highest BCUT2D eigenvalue weighted by atomic mass is 32.2. The Bertz CT molecular complexity index is 1420. The largest absolute Gasteiger partial charge is 0.311 e. The molecule has 34 heavy (non-hydrogen) atoms. The molecular formula is C25H26N4O3S2. The third kappa shape index (κ3) is 5.01. The van der Waals surface area contributed by atoms with Gasteiger partial charge in [-0.25, -0.2) is 8.42 Å². The van der Waals surface area contributed by atoms with Gasteiger partial charge >= 0.3 is 0 Å². The number of nitrogens with zero attached hydrogens (tertiary/aromatic N) is 3. The zero-order valence-corrected chi connectivity index (χ0v) is 20.9. The van der Waals surface area contributed by atoms with Crippen molar-refractivity contribution in [3.05, 3.63) is 83.4 Å². The van der Waals surface area contributed by atoms with E-state index in [1.807, 2.05) is 69.3 Å². The molecule has 9 heteroatoms. The highest BCUT2D eigenvalue weighted by Crippen LogP contribution is 2.24. The first-order valence-electron chi connectivity index (χ1n) is 11.0. The Morgan fingerprint density at radius 2 is 1.76 bits per heavy atom. The minimum Gasteiger partial charge on any atom is -0.311 e. The summed E-state index contributed by atoms with van der Waals surface area (Å²) in [6.07, 6.45) is 0.214. The number of nitrogens with one attached hydrogen (secondary N) is 1. The predicted molar refractivity (Wildman–Crippen MR) is 136 cm³/mol. The maximum Gasteiger partial charge on any atom is 0.245 e. The second-order valence-corrected chi connectivity index (χ2v) is 10.3. The number of amides is 1. The van der Waals surface area contributed by atoms with Crippen LogP contribution >= 0.6 is 11.7 Å². The minimum absolute atomic E-state index is 0.0128. The molecule has 0 aliphatic rings. The van der Waals surface area contributed by atoms with Crippen LogP contribution in [-0.4, -0.2) is 35.7 Å². The first kappa shape index (κ1) is 24.0. The van der Waals surface area contributed by atoms with Gasteiger partial charge in [0.1, 0.15) is 22.0 Å². The molecule has 0 bridgehead atoms. The van der Waals surface area contributed by atoms with Crippen molar-refractivity contribution in [2.45, 2.75) is 38.1 Å². The first-order chi connectivity index (χ1) is 16.3. The van der Waals surface area contributed by atoms with Crippen LogP contribution in [0.4, 0.5) is 5.69 Å². The van der Waals surface area contributed by atoms with Gasteiger partial charge in [0.25, 0.3) is 0 Å². The normalized spacial score (nSPS) is 12.6. The highest BCUT2D eigenvalue weighted by molar-refractivity contribution is 7.89. The summed E-state index contributed by atoms with van der Waals surface area (Å²) in [5, 5.41) is 0. The average molecular weight is 495 g/mol. The molecule has 0 spiro atoms. The van der Waals surface area contributed by atoms with Crippen LogP contribution < -0.4 is 9.62 Å². The van der Waals surface area contributed by atoms with Crippen LogP contribution in [0, 0.1) is 13.8 Å². The molecule has 176 valence electrons. The van der Waals surface area contributed by atoms with Gasteiger partial charge in [0, 0.05) is 12.2 Å². The van der Waals surface area contributed by atoms with Crippen LogP contribution in [0.2, 0.25) is 0 Å². The molecule has 0 aliphatic carbocycles. The van der Waals surface area contributed by atoms with E-state index in [0.29, 0.717) is 17.6 Å². The summed E-state index contributed by atoms with van der Waals surface area (Å²) in [6, 6.07) is 19.0. The number of benzene rings is 3. The van der Waals surface area contributed by atoms with E-state index in [1.54, 1.807) is 17.0 Å². The van der Waals surface area contributed by atoms with E-state index in [-0.39, 0.29) is 17.2 Å². The van der Waals surface area contributed by atoms with E-state index >= 15 is 0 Å². The number of rotatable bonds is 8. The van der Waals surface area contributed by atoms with E-state index in [4.69, 9.17) is 0 Å². The van der Waals surface area contributed by atoms with Crippen LogP contribution in [-0.2, 0) is 21.2 Å². The van der Waals surface area contributed by atoms with Crippen molar-refractivity contribution in [1.29, 1.82) is 0 Å². The Hall–Kier alpha value is -3.14. The average Bonchev–Trinajstić information content (AvgIpc) is 3.31. The summed E-state index contributed by atoms with van der Waals surface area (Å²) in [6.45, 7) is 6.28. The lowest BCUT2D eigenvalue weighted by atomic mass is 10.0. The van der Waals surface area contributed by atoms with Crippen LogP contribution in [0.15, 0.2) is 71.6 Å². The molecule has 1 heterocycles. The van der Waals surface area contributed by atoms with Gasteiger partial charge in [0.15, 0.2) is 0 Å². The quantitative estimate of drug-likeness (QED) is 0.395. The number of sulfonamides is 1. The molecule has 0 aliphatic heterocycles. The fraction of sp³-hybridized carbons (Fsp3) is 0.240. The lowest BCUT2D eigenvalue weighted by Crippen LogP contribution is -2.50. The van der Waals surface area contributed by atoms with Gasteiger partial charge in [-0.2, -0.15) is 13.5 Å². The first-order valence-corrected chi connectivity index (χ1v) is 13.2. The summed E-state index contributed by atoms with van der Waals surface area (Å²) in [7, 11) is -4.05. The second-order valence-electron chi connectivity index (χ2n) is 8.10. The van der Waals surface area contributed by atoms with Crippen molar-refractivity contribution < 1.29 is 13.2 Å². The fourth-order valence-electron chi connectivity index (χ4n) is 3.83. The maximum atomic E-state index is 13.8. The zero-order chi connectivity index (χ0) is 24.3. The molecule has 3 aromatic carbocycles. The van der Waals surface area contributed by atoms with Gasteiger partial charge in [0.05, 0.1) is 11.7 Å². The van der Waals surface area contributed by atoms with Gasteiger partial charge < -0.3 is 4.90 Å². The zero-order valence-electron chi connectivity index (χ0n) is 19.2. The fourth-order valence-corrected chi connectivity index (χ4v) is 5.78. The monoisotopic (exact) mass is 494 g/mol. The van der Waals surface area contributed by atoms with E-state index < -0.39 is 16.1 Å². The molecular weight excluding hydrogens is 468 g/mol. The van der Waals surface area contributed by atoms with Crippen molar-refractivity contribution in [2.75, 3.05) is 11.4 Å². The molecule has 1 N–H and O–H groups in total. The number of likely N-dealkylation sites (N-methyl/N-ethyl adjacent to an activating group) is 1. The maximum absolute atomic E-state index is 13.8. The molecule has 0 unspecified atom stereocenters. The molecule has 4 rings (SSSR count). The number of carbonyl (C=O) groups is 1. The number of hydrogen-bond acceptors (Lipinski definition) is 6. The Morgan fingerprint density at radius 1 is 1.00 bits per heavy atom. The van der Waals surface area contributed by atoms with Gasteiger partial charge in [-0.1, -0.05) is 42.5 Å². The van der Waals surface area contributed by atoms with E-state index in [0.717, 1.165) is 34.1 Å². The number of aryl methyl sites for hydroxylation is 2. The number of carbonyl (C=O) groups excluding carboxylic acids is 1. The molecule has 0 saturated carbocycles. The third-order valence-corrected chi connectivity index (χ3v) is 7.85. The summed E-state index contributed by atoms with van der Waals surface area (Å²) < 4.78 is 37.9. The smallest absolute Gasteiger partial charge is 0.245 e. The van der Waals surface area contributed by atoms with Crippen molar-refractivity contribution in [3.63, 3.8) is 0 Å². The van der Waals surface area contributed by atoms with Gasteiger partial charge in [-0.15, -0.1) is 0 Å². The minimum atomic E-state index is -4.05. The van der Waals surface area contributed by atoms with Crippen molar-refractivity contribution in [2.24, 2.45) is 0 Å². The lowest BCUT2D eigenvalue weighted by Gasteiger charge is -2.27. The van der Waals surface area contributed by atoms with Gasteiger partial charge in [-0.05, 0) is 68.1 Å². The van der Waals surface area contributed by atoms with Crippen molar-refractivity contribution >= 4 is 44.4 Å². The molecule has 4 aromatic rings. The van der Waals surface area contributed by atoms with Crippen LogP contribution in [0.1, 0.15) is 23.6 Å². The van der Waals surface area contributed by atoms with E-state index in [1.165, 1.54) is 6.07 Å². The summed E-state index contributed by atoms with van der Waals surface area (Å²) >= 11 is 0.952. The van der Waals surface area contributed by atoms with Crippen molar-refractivity contribution in [3.8, 4) is 0 Å². The number of fused-ring (bicyclic) bond motifs is 1. The van der Waals surface area contributed by atoms with Gasteiger partial charge in [-0.3, -0.25) is 4.79 Å². The molecule has 0 saturated heterocycles. The molecule has 0 fully saturated rings. The Labute approximate surface area is 203 Å². The third-order valence-electron chi connectivity index (χ3n) is 5.80. The Morgan fingerprint density at radius 3 is 2.47 bits per heavy atom. The van der Waals surface area contributed by atoms with Crippen LogP contribution in [0.3, 0.4) is 0 Å². The molecule has 1 atom stereocenters. The van der Waals surface area contributed by atoms with E-state index in [2.05, 4.69) is 13.5 Å². The van der Waals surface area contributed by atoms with Crippen LogP contribution in [0.5, 0.6) is 0 Å². The number of anilines is 1. The van der Waals surface area contributed by atoms with Crippen LogP contribution in [0.25, 0.3) is 11.0 Å².